The predicted molar refractivity (Wildman–Crippen MR) is 221 cm³/mol. The van der Waals surface area contributed by atoms with E-state index in [1.807, 2.05) is 0 Å². The van der Waals surface area contributed by atoms with E-state index in [2.05, 4.69) is 219 Å². The van der Waals surface area contributed by atoms with Crippen molar-refractivity contribution >= 4 is 61.5 Å². The Balaban J connectivity index is 1.60. The van der Waals surface area contributed by atoms with Gasteiger partial charge in [-0.25, -0.2) is 0 Å². The Kier molecular flexibility index (Phi) is 10.8. The van der Waals surface area contributed by atoms with Crippen molar-refractivity contribution in [2.45, 2.75) is 18.9 Å². The summed E-state index contributed by atoms with van der Waals surface area (Å²) in [6.07, 6.45) is 1.65. The summed E-state index contributed by atoms with van der Waals surface area (Å²) >= 11 is 0. The van der Waals surface area contributed by atoms with E-state index in [0.717, 1.165) is 24.1 Å². The zero-order valence-electron chi connectivity index (χ0n) is 28.9. The average molecular weight is 712 g/mol. The highest BCUT2D eigenvalue weighted by molar-refractivity contribution is 7.15. The molecule has 0 aliphatic rings. The summed E-state index contributed by atoms with van der Waals surface area (Å²) in [5.74, 6) is 0. The van der Waals surface area contributed by atoms with E-state index in [4.69, 9.17) is 8.23 Å². The van der Waals surface area contributed by atoms with E-state index in [0.29, 0.717) is 0 Å². The molecular formula is C46H43O2Si3. The molecule has 2 nitrogen and oxygen atoms in total. The Morgan fingerprint density at radius 3 is 0.745 bits per heavy atom. The molecule has 251 valence electrons. The molecule has 0 N–H and O–H groups in total. The van der Waals surface area contributed by atoms with Crippen LogP contribution < -0.4 is 36.3 Å². The minimum absolute atomic E-state index is 0.753. The maximum Gasteiger partial charge on any atom is 0.353 e. The molecule has 7 aromatic carbocycles. The molecule has 0 saturated carbocycles. The summed E-state index contributed by atoms with van der Waals surface area (Å²) in [6.45, 7) is 4.36. The molecule has 0 fully saturated rings. The second-order valence-electron chi connectivity index (χ2n) is 12.8. The second-order valence-corrected chi connectivity index (χ2v) is 23.2. The van der Waals surface area contributed by atoms with Gasteiger partial charge in [-0.2, -0.15) is 0 Å². The lowest BCUT2D eigenvalue weighted by Crippen LogP contribution is -2.80. The molecule has 7 aromatic rings. The van der Waals surface area contributed by atoms with Crippen LogP contribution in [0.1, 0.15) is 12.8 Å². The first-order valence-electron chi connectivity index (χ1n) is 17.8. The molecule has 0 atom stereocenters. The van der Waals surface area contributed by atoms with Crippen LogP contribution in [-0.4, -0.2) is 25.2 Å². The SMILES string of the molecule is [CH2]CCC[Si](O[Si](c1ccccc1)(c1ccccc1)c1ccccc1)(O[Si](c1ccccc1)(c1ccccc1)c1ccccc1)c1ccccc1. The molecule has 0 amide bonds. The fraction of sp³-hybridized carbons (Fsp3) is 0.0652. The van der Waals surface area contributed by atoms with Crippen LogP contribution in [0.15, 0.2) is 212 Å². The zero-order chi connectivity index (χ0) is 34.8. The molecule has 5 heteroatoms. The van der Waals surface area contributed by atoms with Gasteiger partial charge < -0.3 is 8.23 Å². The molecule has 0 spiro atoms. The molecule has 0 aliphatic heterocycles. The average Bonchev–Trinajstić information content (AvgIpc) is 3.23. The Morgan fingerprint density at radius 2 is 0.529 bits per heavy atom. The highest BCUT2D eigenvalue weighted by atomic mass is 28.5. The van der Waals surface area contributed by atoms with Crippen LogP contribution in [-0.2, 0) is 8.23 Å². The van der Waals surface area contributed by atoms with Crippen molar-refractivity contribution in [3.63, 3.8) is 0 Å². The molecular weight excluding hydrogens is 669 g/mol. The summed E-state index contributed by atoms with van der Waals surface area (Å²) in [5, 5.41) is 8.30. The van der Waals surface area contributed by atoms with Crippen LogP contribution in [0.4, 0.5) is 0 Å². The van der Waals surface area contributed by atoms with E-state index in [-0.39, 0.29) is 0 Å². The van der Waals surface area contributed by atoms with E-state index < -0.39 is 25.2 Å². The molecule has 51 heavy (non-hydrogen) atoms. The van der Waals surface area contributed by atoms with Gasteiger partial charge in [-0.05, 0) is 42.4 Å². The fourth-order valence-electron chi connectivity index (χ4n) is 7.32. The predicted octanol–water partition coefficient (Wildman–Crippen LogP) is 6.32. The first kappa shape index (κ1) is 34.6. The van der Waals surface area contributed by atoms with Gasteiger partial charge in [0.25, 0.3) is 16.6 Å². The van der Waals surface area contributed by atoms with Gasteiger partial charge in [0, 0.05) is 0 Å². The van der Waals surface area contributed by atoms with Crippen LogP contribution in [0.2, 0.25) is 6.04 Å². The highest BCUT2D eigenvalue weighted by Gasteiger charge is 2.57. The molecule has 7 rings (SSSR count). The molecule has 0 bridgehead atoms. The Bertz CT molecular complexity index is 1740. The molecule has 0 aromatic heterocycles. The van der Waals surface area contributed by atoms with Crippen molar-refractivity contribution in [3.05, 3.63) is 219 Å². The second kappa shape index (κ2) is 16.0. The molecule has 0 saturated heterocycles. The van der Waals surface area contributed by atoms with E-state index >= 15 is 0 Å². The summed E-state index contributed by atoms with van der Waals surface area (Å²) in [6, 6.07) is 77.0. The quantitative estimate of drug-likeness (QED) is 0.0973. The van der Waals surface area contributed by atoms with Gasteiger partial charge in [-0.1, -0.05) is 232 Å². The smallest absolute Gasteiger partial charge is 0.353 e. The van der Waals surface area contributed by atoms with Gasteiger partial charge in [0.2, 0.25) is 0 Å². The van der Waals surface area contributed by atoms with Gasteiger partial charge in [-0.3, -0.25) is 0 Å². The Labute approximate surface area is 306 Å². The van der Waals surface area contributed by atoms with Crippen LogP contribution in [0, 0.1) is 6.92 Å². The summed E-state index contributed by atoms with van der Waals surface area (Å²) in [5.41, 5.74) is 0. The number of unbranched alkanes of at least 4 members (excludes halogenated alkanes) is 1. The topological polar surface area (TPSA) is 18.5 Å². The van der Waals surface area contributed by atoms with E-state index in [9.17, 15) is 0 Å². The Morgan fingerprint density at radius 1 is 0.314 bits per heavy atom. The van der Waals surface area contributed by atoms with Gasteiger partial charge >= 0.3 is 8.56 Å². The van der Waals surface area contributed by atoms with Crippen molar-refractivity contribution in [2.75, 3.05) is 0 Å². The number of hydrogen-bond acceptors (Lipinski definition) is 2. The maximum atomic E-state index is 8.45. The van der Waals surface area contributed by atoms with E-state index in [1.165, 1.54) is 31.1 Å². The van der Waals surface area contributed by atoms with Gasteiger partial charge in [0.15, 0.2) is 0 Å². The third-order valence-corrected chi connectivity index (χ3v) is 23.9. The third kappa shape index (κ3) is 6.91. The van der Waals surface area contributed by atoms with Crippen molar-refractivity contribution < 1.29 is 8.23 Å². The largest absolute Gasteiger partial charge is 0.422 e. The van der Waals surface area contributed by atoms with Gasteiger partial charge in [0.05, 0.1) is 0 Å². The number of hydrogen-bond donors (Lipinski definition) is 0. The standard InChI is InChI=1S/C46H43O2Si3/c1-2-3-39-49(40-25-11-4-12-26-40,47-50(41-27-13-5-14-28-41,42-29-15-6-16-30-42)43-31-17-7-18-32-43)48-51(44-33-19-8-20-34-44,45-35-21-9-22-36-45)46-37-23-10-24-38-46/h4-38H,1-3,39H2. The van der Waals surface area contributed by atoms with Crippen LogP contribution in [0.5, 0.6) is 0 Å². The summed E-state index contributed by atoms with van der Waals surface area (Å²) < 4.78 is 16.9. The fourth-order valence-corrected chi connectivity index (χ4v) is 24.1. The Hall–Kier alpha value is -4.89. The molecule has 0 unspecified atom stereocenters. The van der Waals surface area contributed by atoms with E-state index in [1.54, 1.807) is 0 Å². The first-order valence-corrected chi connectivity index (χ1v) is 23.6. The summed E-state index contributed by atoms with van der Waals surface area (Å²) in [4.78, 5) is 0. The normalized spacial score (nSPS) is 12.0. The molecule has 1 radical (unpaired) electrons. The lowest BCUT2D eigenvalue weighted by Gasteiger charge is -2.47. The van der Waals surface area contributed by atoms with Crippen molar-refractivity contribution in [3.8, 4) is 0 Å². The minimum atomic E-state index is -3.48. The molecule has 0 heterocycles. The van der Waals surface area contributed by atoms with Gasteiger partial charge in [0.1, 0.15) is 0 Å². The van der Waals surface area contributed by atoms with Crippen LogP contribution in [0.25, 0.3) is 0 Å². The lowest BCUT2D eigenvalue weighted by atomic mass is 10.3. The van der Waals surface area contributed by atoms with Crippen LogP contribution in [0.3, 0.4) is 0 Å². The third-order valence-electron chi connectivity index (χ3n) is 9.69. The highest BCUT2D eigenvalue weighted by Crippen LogP contribution is 2.28. The molecule has 0 aliphatic carbocycles. The summed E-state index contributed by atoms with van der Waals surface area (Å²) in [7, 11) is -9.99. The van der Waals surface area contributed by atoms with Crippen LogP contribution >= 0.6 is 0 Å². The monoisotopic (exact) mass is 711 g/mol. The van der Waals surface area contributed by atoms with Crippen molar-refractivity contribution in [1.29, 1.82) is 0 Å². The van der Waals surface area contributed by atoms with Crippen molar-refractivity contribution in [1.82, 2.24) is 0 Å². The maximum absolute atomic E-state index is 8.45. The van der Waals surface area contributed by atoms with Crippen molar-refractivity contribution in [2.24, 2.45) is 0 Å². The number of benzene rings is 7. The zero-order valence-corrected chi connectivity index (χ0v) is 31.9. The minimum Gasteiger partial charge on any atom is -0.422 e. The first-order chi connectivity index (χ1) is 25.2. The lowest BCUT2D eigenvalue weighted by molar-refractivity contribution is 0.406. The number of rotatable bonds is 14. The van der Waals surface area contributed by atoms with Gasteiger partial charge in [-0.15, -0.1) is 0 Å².